The molecule has 2 saturated carbocycles. The smallest absolute Gasteiger partial charge is 0.317 e. The number of hydrogen-bond acceptors (Lipinski definition) is 1. The van der Waals surface area contributed by atoms with E-state index in [9.17, 15) is 17.6 Å². The maximum absolute atomic E-state index is 14.1. The fraction of sp³-hybridized carbons (Fsp3) is 1.00. The molecule has 1 nitrogen and oxygen atoms in total. The van der Waals surface area contributed by atoms with Crippen LogP contribution in [0.2, 0.25) is 0 Å². The highest BCUT2D eigenvalue weighted by Gasteiger charge is 2.47. The molecule has 0 heterocycles. The molecule has 0 aromatic rings. The van der Waals surface area contributed by atoms with Crippen LogP contribution in [0.3, 0.4) is 0 Å². The molecule has 2 aliphatic carbocycles. The number of hydrogen-bond donors (Lipinski definition) is 0. The van der Waals surface area contributed by atoms with Gasteiger partial charge in [0.1, 0.15) is 12.3 Å². The summed E-state index contributed by atoms with van der Waals surface area (Å²) in [6.07, 6.45) is -2.33. The van der Waals surface area contributed by atoms with E-state index < -0.39 is 30.5 Å². The molecular weight excluding hydrogens is 284 g/mol. The van der Waals surface area contributed by atoms with Gasteiger partial charge in [-0.1, -0.05) is 19.8 Å². The summed E-state index contributed by atoms with van der Waals surface area (Å²) < 4.78 is 59.8. The Balaban J connectivity index is 1.83. The van der Waals surface area contributed by atoms with Gasteiger partial charge in [0.2, 0.25) is 0 Å². The Morgan fingerprint density at radius 1 is 0.952 bits per heavy atom. The van der Waals surface area contributed by atoms with Gasteiger partial charge >= 0.3 is 6.11 Å². The molecule has 0 saturated heterocycles. The average molecular weight is 310 g/mol. The number of alkyl halides is 4. The van der Waals surface area contributed by atoms with E-state index in [1.807, 2.05) is 0 Å². The maximum atomic E-state index is 14.1. The predicted molar refractivity (Wildman–Crippen MR) is 73.8 cm³/mol. The third-order valence-electron chi connectivity index (χ3n) is 4.88. The second kappa shape index (κ2) is 7.30. The predicted octanol–water partition coefficient (Wildman–Crippen LogP) is 5.43. The molecule has 0 N–H and O–H groups in total. The molecule has 21 heavy (non-hydrogen) atoms. The molecule has 0 aromatic carbocycles. The van der Waals surface area contributed by atoms with E-state index in [-0.39, 0.29) is 19.3 Å². The first-order chi connectivity index (χ1) is 9.90. The minimum absolute atomic E-state index is 0.255. The van der Waals surface area contributed by atoms with Crippen molar-refractivity contribution in [2.75, 3.05) is 0 Å². The lowest BCUT2D eigenvalue weighted by Gasteiger charge is -2.36. The van der Waals surface area contributed by atoms with Gasteiger partial charge in [-0.2, -0.15) is 8.78 Å². The van der Waals surface area contributed by atoms with Crippen LogP contribution in [-0.2, 0) is 4.74 Å². The van der Waals surface area contributed by atoms with Gasteiger partial charge in [0.15, 0.2) is 0 Å². The zero-order valence-electron chi connectivity index (χ0n) is 12.7. The van der Waals surface area contributed by atoms with Gasteiger partial charge in [-0.15, -0.1) is 0 Å². The zero-order chi connectivity index (χ0) is 15.5. The van der Waals surface area contributed by atoms with Crippen LogP contribution in [0.4, 0.5) is 17.6 Å². The minimum atomic E-state index is -3.41. The lowest BCUT2D eigenvalue weighted by molar-refractivity contribution is -0.305. The van der Waals surface area contributed by atoms with Crippen molar-refractivity contribution in [3.63, 3.8) is 0 Å². The van der Waals surface area contributed by atoms with Gasteiger partial charge in [0.05, 0.1) is 12.0 Å². The molecule has 0 spiro atoms. The normalized spacial score (nSPS) is 38.4. The van der Waals surface area contributed by atoms with Crippen LogP contribution in [0.25, 0.3) is 0 Å². The fourth-order valence-electron chi connectivity index (χ4n) is 3.72. The van der Waals surface area contributed by atoms with Crippen molar-refractivity contribution in [3.05, 3.63) is 0 Å². The summed E-state index contributed by atoms with van der Waals surface area (Å²) in [7, 11) is 0. The van der Waals surface area contributed by atoms with E-state index in [4.69, 9.17) is 4.74 Å². The lowest BCUT2D eigenvalue weighted by Crippen LogP contribution is -2.42. The van der Waals surface area contributed by atoms with E-state index in [0.717, 1.165) is 25.7 Å². The first-order valence-electron chi connectivity index (χ1n) is 8.24. The Bertz CT molecular complexity index is 305. The van der Waals surface area contributed by atoms with Crippen molar-refractivity contribution in [1.29, 1.82) is 0 Å². The molecule has 0 bridgehead atoms. The molecule has 5 heteroatoms. The van der Waals surface area contributed by atoms with Gasteiger partial charge in [-0.25, -0.2) is 8.78 Å². The SMILES string of the molecule is CCCC1CCC(OC(F)(F)C2CC(F)CC(F)C2)CC1. The third kappa shape index (κ3) is 4.83. The second-order valence-electron chi connectivity index (χ2n) is 6.71. The van der Waals surface area contributed by atoms with Crippen LogP contribution in [0.15, 0.2) is 0 Å². The largest absolute Gasteiger partial charge is 0.358 e. The van der Waals surface area contributed by atoms with Crippen molar-refractivity contribution in [3.8, 4) is 0 Å². The summed E-state index contributed by atoms with van der Waals surface area (Å²) >= 11 is 0. The standard InChI is InChI=1S/C16H26F4O/c1-2-3-11-4-6-15(7-5-11)21-16(19,20)12-8-13(17)10-14(18)9-12/h11-15H,2-10H2,1H3. The molecule has 2 rings (SSSR count). The monoisotopic (exact) mass is 310 g/mol. The van der Waals surface area contributed by atoms with Crippen molar-refractivity contribution in [2.45, 2.75) is 89.3 Å². The Morgan fingerprint density at radius 3 is 2.05 bits per heavy atom. The summed E-state index contributed by atoms with van der Waals surface area (Å²) in [5, 5.41) is 0. The van der Waals surface area contributed by atoms with Gasteiger partial charge in [0, 0.05) is 6.42 Å². The van der Waals surface area contributed by atoms with E-state index in [1.165, 1.54) is 0 Å². The molecule has 0 amide bonds. The summed E-state index contributed by atoms with van der Waals surface area (Å²) in [5.41, 5.74) is 0. The van der Waals surface area contributed by atoms with Crippen molar-refractivity contribution < 1.29 is 22.3 Å². The van der Waals surface area contributed by atoms with Gasteiger partial charge in [-0.05, 0) is 44.4 Å². The molecule has 0 aromatic heterocycles. The topological polar surface area (TPSA) is 9.23 Å². The molecule has 0 radical (unpaired) electrons. The van der Waals surface area contributed by atoms with Gasteiger partial charge in [0.25, 0.3) is 0 Å². The van der Waals surface area contributed by atoms with Crippen molar-refractivity contribution in [2.24, 2.45) is 11.8 Å². The third-order valence-corrected chi connectivity index (χ3v) is 4.88. The van der Waals surface area contributed by atoms with Crippen LogP contribution in [0.1, 0.15) is 64.7 Å². The van der Waals surface area contributed by atoms with Crippen molar-refractivity contribution >= 4 is 0 Å². The molecule has 2 atom stereocenters. The Hall–Kier alpha value is -0.320. The molecule has 0 aliphatic heterocycles. The molecule has 2 aliphatic rings. The number of halogens is 4. The van der Waals surface area contributed by atoms with Crippen molar-refractivity contribution in [1.82, 2.24) is 0 Å². The van der Waals surface area contributed by atoms with E-state index in [0.29, 0.717) is 18.8 Å². The summed E-state index contributed by atoms with van der Waals surface area (Å²) in [4.78, 5) is 0. The number of rotatable bonds is 5. The Labute approximate surface area is 124 Å². The molecule has 124 valence electrons. The maximum Gasteiger partial charge on any atom is 0.358 e. The second-order valence-corrected chi connectivity index (χ2v) is 6.71. The van der Waals surface area contributed by atoms with E-state index in [2.05, 4.69) is 6.92 Å². The summed E-state index contributed by atoms with van der Waals surface area (Å²) in [6.45, 7) is 2.13. The molecule has 2 fully saturated rings. The Kier molecular flexibility index (Phi) is 5.92. The highest BCUT2D eigenvalue weighted by atomic mass is 19.3. The van der Waals surface area contributed by atoms with Gasteiger partial charge in [-0.3, -0.25) is 0 Å². The van der Waals surface area contributed by atoms with Crippen LogP contribution in [-0.4, -0.2) is 24.6 Å². The van der Waals surface area contributed by atoms with Crippen LogP contribution < -0.4 is 0 Å². The fourth-order valence-corrected chi connectivity index (χ4v) is 3.72. The van der Waals surface area contributed by atoms with Crippen LogP contribution in [0.5, 0.6) is 0 Å². The average Bonchev–Trinajstić information content (AvgIpc) is 2.40. The highest BCUT2D eigenvalue weighted by molar-refractivity contribution is 4.84. The number of ether oxygens (including phenoxy) is 1. The lowest BCUT2D eigenvalue weighted by atomic mass is 9.84. The quantitative estimate of drug-likeness (QED) is 0.615. The Morgan fingerprint density at radius 2 is 1.52 bits per heavy atom. The molecular formula is C16H26F4O. The summed E-state index contributed by atoms with van der Waals surface area (Å²) in [5.74, 6) is -0.715. The zero-order valence-corrected chi connectivity index (χ0v) is 12.7. The van der Waals surface area contributed by atoms with Gasteiger partial charge < -0.3 is 4.74 Å². The van der Waals surface area contributed by atoms with Crippen LogP contribution in [0, 0.1) is 11.8 Å². The van der Waals surface area contributed by atoms with Crippen LogP contribution >= 0.6 is 0 Å². The summed E-state index contributed by atoms with van der Waals surface area (Å²) in [6, 6.07) is 0. The minimum Gasteiger partial charge on any atom is -0.317 e. The van der Waals surface area contributed by atoms with E-state index >= 15 is 0 Å². The van der Waals surface area contributed by atoms with E-state index in [1.54, 1.807) is 0 Å². The first-order valence-corrected chi connectivity index (χ1v) is 8.24. The highest BCUT2D eigenvalue weighted by Crippen LogP contribution is 2.42. The first kappa shape index (κ1) is 17.0. The molecule has 2 unspecified atom stereocenters.